The second kappa shape index (κ2) is 6.61. The smallest absolute Gasteiger partial charge is 0.0576 e. The number of hydrogen-bond acceptors (Lipinski definition) is 2. The summed E-state index contributed by atoms with van der Waals surface area (Å²) in [6.07, 6.45) is 8.27. The fourth-order valence-electron chi connectivity index (χ4n) is 2.71. The average molecular weight is 227 g/mol. The predicted octanol–water partition coefficient (Wildman–Crippen LogP) is 3.36. The molecule has 1 saturated heterocycles. The zero-order valence-corrected chi connectivity index (χ0v) is 11.5. The summed E-state index contributed by atoms with van der Waals surface area (Å²) in [6.45, 7) is 8.03. The maximum absolute atomic E-state index is 5.66. The molecule has 1 fully saturated rings. The summed E-state index contributed by atoms with van der Waals surface area (Å²) in [5.41, 5.74) is 0.459. The van der Waals surface area contributed by atoms with E-state index < -0.39 is 0 Å². The maximum atomic E-state index is 5.66. The van der Waals surface area contributed by atoms with Gasteiger partial charge in [-0.2, -0.15) is 0 Å². The lowest BCUT2D eigenvalue weighted by atomic mass is 9.81. The van der Waals surface area contributed by atoms with Gasteiger partial charge in [-0.3, -0.25) is 0 Å². The van der Waals surface area contributed by atoms with E-state index in [9.17, 15) is 0 Å². The maximum Gasteiger partial charge on any atom is 0.0576 e. The highest BCUT2D eigenvalue weighted by Gasteiger charge is 2.22. The third-order valence-electron chi connectivity index (χ3n) is 3.76. The first-order chi connectivity index (χ1) is 7.53. The first-order valence-corrected chi connectivity index (χ1v) is 6.82. The van der Waals surface area contributed by atoms with Gasteiger partial charge < -0.3 is 10.1 Å². The number of rotatable bonds is 7. The Morgan fingerprint density at radius 3 is 2.75 bits per heavy atom. The molecule has 0 aromatic heterocycles. The van der Waals surface area contributed by atoms with E-state index in [4.69, 9.17) is 4.74 Å². The van der Waals surface area contributed by atoms with Gasteiger partial charge >= 0.3 is 0 Å². The lowest BCUT2D eigenvalue weighted by molar-refractivity contribution is 0.0979. The van der Waals surface area contributed by atoms with Crippen molar-refractivity contribution in [3.8, 4) is 0 Å². The van der Waals surface area contributed by atoms with Crippen molar-refractivity contribution in [3.05, 3.63) is 0 Å². The second-order valence-corrected chi connectivity index (χ2v) is 6.09. The number of nitrogens with one attached hydrogen (secondary N) is 1. The minimum absolute atomic E-state index is 0.459. The summed E-state index contributed by atoms with van der Waals surface area (Å²) in [5, 5.41) is 3.33. The summed E-state index contributed by atoms with van der Waals surface area (Å²) in [7, 11) is 2.05. The highest BCUT2D eigenvalue weighted by molar-refractivity contribution is 4.75. The summed E-state index contributed by atoms with van der Waals surface area (Å²) in [5.74, 6) is 0. The van der Waals surface area contributed by atoms with Crippen molar-refractivity contribution in [3.63, 3.8) is 0 Å². The van der Waals surface area contributed by atoms with E-state index in [1.165, 1.54) is 38.5 Å². The average Bonchev–Trinajstić information content (AvgIpc) is 2.69. The van der Waals surface area contributed by atoms with Gasteiger partial charge in [-0.1, -0.05) is 20.3 Å². The quantitative estimate of drug-likeness (QED) is 0.720. The molecular formula is C14H29NO. The molecule has 0 aromatic carbocycles. The molecule has 2 heteroatoms. The lowest BCUT2D eigenvalue weighted by Crippen LogP contribution is -2.28. The van der Waals surface area contributed by atoms with E-state index in [0.717, 1.165) is 6.61 Å². The van der Waals surface area contributed by atoms with Gasteiger partial charge in [-0.15, -0.1) is 0 Å². The summed E-state index contributed by atoms with van der Waals surface area (Å²) in [4.78, 5) is 0. The summed E-state index contributed by atoms with van der Waals surface area (Å²) in [6, 6.07) is 0.623. The van der Waals surface area contributed by atoms with E-state index >= 15 is 0 Å². The van der Waals surface area contributed by atoms with Crippen molar-refractivity contribution in [2.24, 2.45) is 5.41 Å². The van der Waals surface area contributed by atoms with Gasteiger partial charge in [0, 0.05) is 12.6 Å². The van der Waals surface area contributed by atoms with E-state index in [0.29, 0.717) is 17.6 Å². The van der Waals surface area contributed by atoms with Crippen molar-refractivity contribution >= 4 is 0 Å². The van der Waals surface area contributed by atoms with E-state index in [1.54, 1.807) is 0 Å². The molecule has 0 spiro atoms. The molecule has 2 unspecified atom stereocenters. The molecule has 0 bridgehead atoms. The van der Waals surface area contributed by atoms with E-state index in [1.807, 2.05) is 7.05 Å². The van der Waals surface area contributed by atoms with Crippen molar-refractivity contribution in [1.82, 2.24) is 5.32 Å². The Bertz CT molecular complexity index is 185. The van der Waals surface area contributed by atoms with Crippen LogP contribution in [0.1, 0.15) is 59.3 Å². The number of ether oxygens (including phenoxy) is 1. The highest BCUT2D eigenvalue weighted by Crippen LogP contribution is 2.30. The number of hydrogen-bond donors (Lipinski definition) is 1. The van der Waals surface area contributed by atoms with Crippen LogP contribution >= 0.6 is 0 Å². The Morgan fingerprint density at radius 2 is 2.19 bits per heavy atom. The van der Waals surface area contributed by atoms with Crippen LogP contribution in [0, 0.1) is 5.41 Å². The fraction of sp³-hybridized carbons (Fsp3) is 1.00. The predicted molar refractivity (Wildman–Crippen MR) is 69.7 cm³/mol. The van der Waals surface area contributed by atoms with Crippen molar-refractivity contribution in [2.75, 3.05) is 13.7 Å². The Labute approximate surface area is 101 Å². The van der Waals surface area contributed by atoms with Gasteiger partial charge in [-0.25, -0.2) is 0 Å². The normalized spacial score (nSPS) is 23.6. The molecule has 96 valence electrons. The molecule has 1 rings (SSSR count). The molecule has 1 aliphatic rings. The Morgan fingerprint density at radius 1 is 1.44 bits per heavy atom. The third kappa shape index (κ3) is 5.31. The van der Waals surface area contributed by atoms with Gasteiger partial charge in [-0.05, 0) is 51.5 Å². The van der Waals surface area contributed by atoms with Crippen LogP contribution in [0.3, 0.4) is 0 Å². The largest absolute Gasteiger partial charge is 0.378 e. The lowest BCUT2D eigenvalue weighted by Gasteiger charge is -2.28. The van der Waals surface area contributed by atoms with Crippen LogP contribution in [0.25, 0.3) is 0 Å². The van der Waals surface area contributed by atoms with E-state index in [-0.39, 0.29) is 0 Å². The van der Waals surface area contributed by atoms with Gasteiger partial charge in [0.2, 0.25) is 0 Å². The molecule has 2 nitrogen and oxygen atoms in total. The Kier molecular flexibility index (Phi) is 5.77. The zero-order valence-electron chi connectivity index (χ0n) is 11.5. The minimum atomic E-state index is 0.459. The van der Waals surface area contributed by atoms with Crippen LogP contribution in [-0.2, 0) is 4.74 Å². The van der Waals surface area contributed by atoms with Crippen LogP contribution in [0.5, 0.6) is 0 Å². The first-order valence-electron chi connectivity index (χ1n) is 6.82. The highest BCUT2D eigenvalue weighted by atomic mass is 16.5. The molecular weight excluding hydrogens is 198 g/mol. The Balaban J connectivity index is 2.14. The van der Waals surface area contributed by atoms with Crippen molar-refractivity contribution in [1.29, 1.82) is 0 Å². The first kappa shape index (κ1) is 14.0. The van der Waals surface area contributed by atoms with E-state index in [2.05, 4.69) is 26.1 Å². The van der Waals surface area contributed by atoms with Crippen LogP contribution in [0.15, 0.2) is 0 Å². The molecule has 0 saturated carbocycles. The van der Waals surface area contributed by atoms with Crippen molar-refractivity contribution in [2.45, 2.75) is 71.4 Å². The fourth-order valence-corrected chi connectivity index (χ4v) is 2.71. The minimum Gasteiger partial charge on any atom is -0.378 e. The van der Waals surface area contributed by atoms with Crippen molar-refractivity contribution < 1.29 is 4.74 Å². The zero-order chi connectivity index (χ0) is 12.0. The summed E-state index contributed by atoms with van der Waals surface area (Å²) >= 11 is 0. The van der Waals surface area contributed by atoms with Crippen LogP contribution in [0.4, 0.5) is 0 Å². The van der Waals surface area contributed by atoms with Gasteiger partial charge in [0.1, 0.15) is 0 Å². The van der Waals surface area contributed by atoms with Crippen LogP contribution in [-0.4, -0.2) is 25.8 Å². The van der Waals surface area contributed by atoms with Crippen LogP contribution < -0.4 is 5.32 Å². The standard InChI is InChI=1S/C14H29NO/c1-12(15-4)11-14(2,3)9-5-7-13-8-6-10-16-13/h12-13,15H,5-11H2,1-4H3. The summed E-state index contributed by atoms with van der Waals surface area (Å²) < 4.78 is 5.66. The van der Waals surface area contributed by atoms with Gasteiger partial charge in [0.05, 0.1) is 6.10 Å². The molecule has 0 amide bonds. The molecule has 2 atom stereocenters. The second-order valence-electron chi connectivity index (χ2n) is 6.09. The molecule has 16 heavy (non-hydrogen) atoms. The SMILES string of the molecule is CNC(C)CC(C)(C)CCCC1CCCO1. The molecule has 1 N–H and O–H groups in total. The molecule has 1 heterocycles. The molecule has 0 radical (unpaired) electrons. The molecule has 0 aromatic rings. The monoisotopic (exact) mass is 227 g/mol. The van der Waals surface area contributed by atoms with Gasteiger partial charge in [0.15, 0.2) is 0 Å². The molecule has 0 aliphatic carbocycles. The Hall–Kier alpha value is -0.0800. The van der Waals surface area contributed by atoms with Crippen LogP contribution in [0.2, 0.25) is 0 Å². The topological polar surface area (TPSA) is 21.3 Å². The van der Waals surface area contributed by atoms with Gasteiger partial charge in [0.25, 0.3) is 0 Å². The third-order valence-corrected chi connectivity index (χ3v) is 3.76. The molecule has 1 aliphatic heterocycles.